The lowest BCUT2D eigenvalue weighted by Gasteiger charge is -2.10. The van der Waals surface area contributed by atoms with Crippen molar-refractivity contribution in [3.8, 4) is 0 Å². The molecule has 0 atom stereocenters. The van der Waals surface area contributed by atoms with E-state index in [9.17, 15) is 14.4 Å². The molecule has 0 fully saturated rings. The molecular weight excluding hydrogens is 310 g/mol. The van der Waals surface area contributed by atoms with Crippen LogP contribution in [0, 0.1) is 6.92 Å². The second-order valence-corrected chi connectivity index (χ2v) is 4.67. The monoisotopic (exact) mass is 333 g/mol. The number of carbonyl (C=O) groups excluding carboxylic acids is 2. The first-order valence-corrected chi connectivity index (χ1v) is 8.00. The van der Waals surface area contributed by atoms with Gasteiger partial charge >= 0.3 is 11.9 Å². The highest BCUT2D eigenvalue weighted by Gasteiger charge is 2.19. The molecule has 0 bridgehead atoms. The summed E-state index contributed by atoms with van der Waals surface area (Å²) in [6.07, 6.45) is 0. The molecule has 24 heavy (non-hydrogen) atoms. The maximum Gasteiger partial charge on any atom is 0.340 e. The summed E-state index contributed by atoms with van der Waals surface area (Å²) in [6, 6.07) is 4.53. The molecule has 0 unspecified atom stereocenters. The number of pyridine rings is 1. The summed E-state index contributed by atoms with van der Waals surface area (Å²) in [7, 11) is 0. The first-order chi connectivity index (χ1) is 11.5. The maximum atomic E-state index is 12.0. The molecule has 1 heterocycles. The number of hydrogen-bond acceptors (Lipinski definition) is 5. The van der Waals surface area contributed by atoms with Crippen molar-refractivity contribution in [1.29, 1.82) is 0 Å². The summed E-state index contributed by atoms with van der Waals surface area (Å²) in [6.45, 7) is 9.49. The van der Waals surface area contributed by atoms with Crippen LogP contribution in [0.1, 0.15) is 54.0 Å². The number of nitrogens with one attached hydrogen (secondary N) is 1. The molecule has 6 heteroatoms. The fraction of sp³-hybridized carbons (Fsp3) is 0.389. The third kappa shape index (κ3) is 4.01. The van der Waals surface area contributed by atoms with Crippen molar-refractivity contribution in [1.82, 2.24) is 4.98 Å². The van der Waals surface area contributed by atoms with Crippen LogP contribution >= 0.6 is 0 Å². The zero-order valence-corrected chi connectivity index (χ0v) is 14.7. The predicted molar refractivity (Wildman–Crippen MR) is 92.6 cm³/mol. The van der Waals surface area contributed by atoms with Crippen LogP contribution in [-0.2, 0) is 9.47 Å². The molecule has 0 saturated carbocycles. The first-order valence-electron chi connectivity index (χ1n) is 8.00. The fourth-order valence-electron chi connectivity index (χ4n) is 2.16. The summed E-state index contributed by atoms with van der Waals surface area (Å²) >= 11 is 0. The molecule has 1 N–H and O–H groups in total. The molecule has 6 nitrogen and oxygen atoms in total. The molecule has 0 aliphatic carbocycles. The zero-order chi connectivity index (χ0) is 18.3. The van der Waals surface area contributed by atoms with E-state index < -0.39 is 11.9 Å². The third-order valence-corrected chi connectivity index (χ3v) is 3.19. The highest BCUT2D eigenvalue weighted by molar-refractivity contribution is 6.10. The van der Waals surface area contributed by atoms with E-state index in [1.807, 2.05) is 13.8 Å². The van der Waals surface area contributed by atoms with Gasteiger partial charge in [0.1, 0.15) is 0 Å². The Balaban J connectivity index is 0.00000139. The van der Waals surface area contributed by atoms with Gasteiger partial charge in [-0.15, -0.1) is 0 Å². The number of aryl methyl sites for hydroxylation is 1. The molecule has 0 aliphatic rings. The van der Waals surface area contributed by atoms with Crippen molar-refractivity contribution in [2.24, 2.45) is 0 Å². The Kier molecular flexibility index (Phi) is 7.17. The van der Waals surface area contributed by atoms with Gasteiger partial charge in [0.25, 0.3) is 5.56 Å². The van der Waals surface area contributed by atoms with E-state index in [1.54, 1.807) is 26.8 Å². The highest BCUT2D eigenvalue weighted by atomic mass is 16.5. The Morgan fingerprint density at radius 1 is 1.00 bits per heavy atom. The molecule has 1 aromatic carbocycles. The number of fused-ring (bicyclic) bond motifs is 1. The summed E-state index contributed by atoms with van der Waals surface area (Å²) in [5.74, 6) is -1.06. The standard InChI is InChI=1S/C16H17NO5.C2H6/c1-4-21-15(19)10-6-7-11(16(20)22-5-2)13-12(10)8-9(3)14(18)17-13;1-2/h6-8H,4-5H2,1-3H3,(H,17,18);1-2H3. The van der Waals surface area contributed by atoms with Crippen LogP contribution in [0.2, 0.25) is 0 Å². The van der Waals surface area contributed by atoms with Crippen molar-refractivity contribution < 1.29 is 19.1 Å². The average Bonchev–Trinajstić information content (AvgIpc) is 2.57. The number of H-pyrrole nitrogens is 1. The van der Waals surface area contributed by atoms with Gasteiger partial charge in [0.05, 0.1) is 29.9 Å². The van der Waals surface area contributed by atoms with Crippen molar-refractivity contribution in [2.45, 2.75) is 34.6 Å². The number of aromatic amines is 1. The molecule has 2 rings (SSSR count). The number of esters is 2. The van der Waals surface area contributed by atoms with Gasteiger partial charge in [0, 0.05) is 10.9 Å². The van der Waals surface area contributed by atoms with Gasteiger partial charge in [-0.25, -0.2) is 9.59 Å². The highest BCUT2D eigenvalue weighted by Crippen LogP contribution is 2.22. The van der Waals surface area contributed by atoms with Crippen molar-refractivity contribution in [2.75, 3.05) is 13.2 Å². The molecular formula is C18H23NO5. The molecule has 0 spiro atoms. The zero-order valence-electron chi connectivity index (χ0n) is 14.7. The van der Waals surface area contributed by atoms with Gasteiger partial charge < -0.3 is 14.5 Å². The quantitative estimate of drug-likeness (QED) is 0.868. The van der Waals surface area contributed by atoms with Crippen molar-refractivity contribution in [3.05, 3.63) is 45.2 Å². The largest absolute Gasteiger partial charge is 0.462 e. The van der Waals surface area contributed by atoms with E-state index in [2.05, 4.69) is 4.98 Å². The van der Waals surface area contributed by atoms with Gasteiger partial charge in [0.2, 0.25) is 0 Å². The molecule has 2 aromatic rings. The molecule has 130 valence electrons. The van der Waals surface area contributed by atoms with Gasteiger partial charge in [-0.3, -0.25) is 4.79 Å². The molecule has 0 radical (unpaired) electrons. The maximum absolute atomic E-state index is 12.0. The van der Waals surface area contributed by atoms with Crippen LogP contribution < -0.4 is 5.56 Å². The Bertz CT molecular complexity index is 792. The minimum absolute atomic E-state index is 0.210. The third-order valence-electron chi connectivity index (χ3n) is 3.19. The second-order valence-electron chi connectivity index (χ2n) is 4.67. The molecule has 0 aliphatic heterocycles. The van der Waals surface area contributed by atoms with E-state index in [4.69, 9.17) is 9.47 Å². The lowest BCUT2D eigenvalue weighted by molar-refractivity contribution is 0.0514. The topological polar surface area (TPSA) is 85.5 Å². The van der Waals surface area contributed by atoms with E-state index >= 15 is 0 Å². The lowest BCUT2D eigenvalue weighted by Crippen LogP contribution is -2.15. The van der Waals surface area contributed by atoms with Crippen LogP contribution in [0.5, 0.6) is 0 Å². The Labute approximate surface area is 140 Å². The minimum Gasteiger partial charge on any atom is -0.462 e. The first kappa shape index (κ1) is 19.4. The normalized spacial score (nSPS) is 9.88. The van der Waals surface area contributed by atoms with Crippen LogP contribution in [0.4, 0.5) is 0 Å². The van der Waals surface area contributed by atoms with E-state index in [0.29, 0.717) is 16.5 Å². The summed E-state index contributed by atoms with van der Waals surface area (Å²) in [5, 5.41) is 0.459. The molecule has 0 saturated heterocycles. The Morgan fingerprint density at radius 2 is 1.50 bits per heavy atom. The SMILES string of the molecule is CC.CCOC(=O)c1ccc(C(=O)OCC)c2[nH]c(=O)c(C)cc12. The van der Waals surface area contributed by atoms with Crippen molar-refractivity contribution >= 4 is 22.8 Å². The molecule has 1 aromatic heterocycles. The van der Waals surface area contributed by atoms with Crippen LogP contribution in [0.3, 0.4) is 0 Å². The number of ether oxygens (including phenoxy) is 2. The van der Waals surface area contributed by atoms with Crippen LogP contribution in [-0.4, -0.2) is 30.1 Å². The number of aromatic nitrogens is 1. The summed E-state index contributed by atoms with van der Waals surface area (Å²) in [5.41, 5.74) is 0.906. The lowest BCUT2D eigenvalue weighted by atomic mass is 10.0. The predicted octanol–water partition coefficient (Wildman–Crippen LogP) is 3.22. The Hall–Kier alpha value is -2.63. The minimum atomic E-state index is -0.553. The Morgan fingerprint density at radius 3 is 2.04 bits per heavy atom. The number of hydrogen-bond donors (Lipinski definition) is 1. The van der Waals surface area contributed by atoms with Crippen LogP contribution in [0.15, 0.2) is 23.0 Å². The fourth-order valence-corrected chi connectivity index (χ4v) is 2.16. The summed E-state index contributed by atoms with van der Waals surface area (Å²) < 4.78 is 9.98. The second kappa shape index (κ2) is 8.86. The smallest absolute Gasteiger partial charge is 0.340 e. The van der Waals surface area contributed by atoms with Gasteiger partial charge in [0.15, 0.2) is 0 Å². The van der Waals surface area contributed by atoms with Gasteiger partial charge in [-0.2, -0.15) is 0 Å². The van der Waals surface area contributed by atoms with Gasteiger partial charge in [-0.1, -0.05) is 13.8 Å². The molecule has 0 amide bonds. The summed E-state index contributed by atoms with van der Waals surface area (Å²) in [4.78, 5) is 38.5. The number of benzene rings is 1. The van der Waals surface area contributed by atoms with E-state index in [-0.39, 0.29) is 29.9 Å². The van der Waals surface area contributed by atoms with E-state index in [1.165, 1.54) is 12.1 Å². The van der Waals surface area contributed by atoms with Crippen LogP contribution in [0.25, 0.3) is 10.9 Å². The van der Waals surface area contributed by atoms with Gasteiger partial charge in [-0.05, 0) is 39.0 Å². The number of carbonyl (C=O) groups is 2. The number of rotatable bonds is 4. The van der Waals surface area contributed by atoms with Crippen molar-refractivity contribution in [3.63, 3.8) is 0 Å². The average molecular weight is 333 g/mol. The van der Waals surface area contributed by atoms with E-state index in [0.717, 1.165) is 0 Å².